The van der Waals surface area contributed by atoms with E-state index >= 15 is 0 Å². The quantitative estimate of drug-likeness (QED) is 0.793. The topological polar surface area (TPSA) is 49.4 Å². The van der Waals surface area contributed by atoms with Gasteiger partial charge < -0.3 is 10.2 Å². The molecule has 96 valence electrons. The SMILES string of the molecule is Cc1c(Cl)cccc1NC(=O)C(=O)N1CCCC1. The molecule has 0 unspecified atom stereocenters. The van der Waals surface area contributed by atoms with Gasteiger partial charge in [-0.1, -0.05) is 17.7 Å². The average molecular weight is 267 g/mol. The number of hydrogen-bond donors (Lipinski definition) is 1. The number of benzene rings is 1. The fourth-order valence-electron chi connectivity index (χ4n) is 1.98. The number of rotatable bonds is 1. The Balaban J connectivity index is 2.06. The van der Waals surface area contributed by atoms with Crippen molar-refractivity contribution in [1.29, 1.82) is 0 Å². The van der Waals surface area contributed by atoms with Crippen molar-refractivity contribution < 1.29 is 9.59 Å². The average Bonchev–Trinajstić information content (AvgIpc) is 2.87. The molecule has 1 fully saturated rings. The van der Waals surface area contributed by atoms with Crippen molar-refractivity contribution in [1.82, 2.24) is 4.90 Å². The number of anilines is 1. The Hall–Kier alpha value is -1.55. The van der Waals surface area contributed by atoms with E-state index in [2.05, 4.69) is 5.32 Å². The lowest BCUT2D eigenvalue weighted by atomic mass is 10.2. The summed E-state index contributed by atoms with van der Waals surface area (Å²) in [5.74, 6) is -1.06. The van der Waals surface area contributed by atoms with Crippen LogP contribution in [-0.4, -0.2) is 29.8 Å². The minimum Gasteiger partial charge on any atom is -0.334 e. The molecule has 0 aliphatic carbocycles. The Morgan fingerprint density at radius 1 is 1.28 bits per heavy atom. The molecule has 0 spiro atoms. The molecule has 1 saturated heterocycles. The smallest absolute Gasteiger partial charge is 0.313 e. The highest BCUT2D eigenvalue weighted by Crippen LogP contribution is 2.23. The summed E-state index contributed by atoms with van der Waals surface area (Å²) in [5.41, 5.74) is 1.35. The second-order valence-electron chi connectivity index (χ2n) is 4.37. The van der Waals surface area contributed by atoms with Gasteiger partial charge in [-0.05, 0) is 37.5 Å². The molecule has 1 aliphatic heterocycles. The number of hydrogen-bond acceptors (Lipinski definition) is 2. The molecule has 1 N–H and O–H groups in total. The summed E-state index contributed by atoms with van der Waals surface area (Å²) in [6.07, 6.45) is 1.93. The van der Waals surface area contributed by atoms with Crippen molar-refractivity contribution in [2.24, 2.45) is 0 Å². The lowest BCUT2D eigenvalue weighted by molar-refractivity contribution is -0.142. The van der Waals surface area contributed by atoms with E-state index < -0.39 is 11.8 Å². The number of carbonyl (C=O) groups is 2. The van der Waals surface area contributed by atoms with Crippen LogP contribution in [0.1, 0.15) is 18.4 Å². The van der Waals surface area contributed by atoms with Gasteiger partial charge in [0.2, 0.25) is 0 Å². The molecule has 0 bridgehead atoms. The van der Waals surface area contributed by atoms with Crippen LogP contribution >= 0.6 is 11.6 Å². The van der Waals surface area contributed by atoms with Crippen molar-refractivity contribution in [3.63, 3.8) is 0 Å². The third kappa shape index (κ3) is 2.64. The van der Waals surface area contributed by atoms with E-state index in [4.69, 9.17) is 11.6 Å². The standard InChI is InChI=1S/C13H15ClN2O2/c1-9-10(14)5-4-6-11(9)15-12(17)13(18)16-7-2-3-8-16/h4-6H,2-3,7-8H2,1H3,(H,15,17). The van der Waals surface area contributed by atoms with Gasteiger partial charge in [0.05, 0.1) is 0 Å². The van der Waals surface area contributed by atoms with Crippen molar-refractivity contribution in [2.75, 3.05) is 18.4 Å². The van der Waals surface area contributed by atoms with Crippen LogP contribution < -0.4 is 5.32 Å². The highest BCUT2D eigenvalue weighted by Gasteiger charge is 2.24. The molecule has 2 amide bonds. The summed E-state index contributed by atoms with van der Waals surface area (Å²) in [7, 11) is 0. The van der Waals surface area contributed by atoms with Crippen LogP contribution in [0.3, 0.4) is 0 Å². The first-order valence-electron chi connectivity index (χ1n) is 5.95. The monoisotopic (exact) mass is 266 g/mol. The summed E-state index contributed by atoms with van der Waals surface area (Å²) in [6.45, 7) is 3.14. The maximum atomic E-state index is 11.8. The number of nitrogens with one attached hydrogen (secondary N) is 1. The third-order valence-electron chi connectivity index (χ3n) is 3.10. The van der Waals surface area contributed by atoms with Gasteiger partial charge in [-0.2, -0.15) is 0 Å². The van der Waals surface area contributed by atoms with Crippen LogP contribution in [0.25, 0.3) is 0 Å². The largest absolute Gasteiger partial charge is 0.334 e. The fourth-order valence-corrected chi connectivity index (χ4v) is 2.16. The van der Waals surface area contributed by atoms with Crippen LogP contribution in [0.4, 0.5) is 5.69 Å². The van der Waals surface area contributed by atoms with E-state index in [0.717, 1.165) is 18.4 Å². The zero-order chi connectivity index (χ0) is 13.1. The minimum atomic E-state index is -0.595. The van der Waals surface area contributed by atoms with Crippen molar-refractivity contribution in [2.45, 2.75) is 19.8 Å². The molecular formula is C13H15ClN2O2. The van der Waals surface area contributed by atoms with E-state index in [0.29, 0.717) is 23.8 Å². The Bertz CT molecular complexity index is 482. The summed E-state index contributed by atoms with van der Waals surface area (Å²) >= 11 is 5.96. The predicted octanol–water partition coefficient (Wildman–Crippen LogP) is 2.21. The molecule has 0 radical (unpaired) electrons. The molecule has 0 atom stereocenters. The second-order valence-corrected chi connectivity index (χ2v) is 4.77. The second kappa shape index (κ2) is 5.40. The Labute approximate surface area is 111 Å². The van der Waals surface area contributed by atoms with Crippen molar-refractivity contribution in [3.05, 3.63) is 28.8 Å². The highest BCUT2D eigenvalue weighted by atomic mass is 35.5. The van der Waals surface area contributed by atoms with E-state index in [9.17, 15) is 9.59 Å². The number of halogens is 1. The Morgan fingerprint density at radius 3 is 2.61 bits per heavy atom. The maximum Gasteiger partial charge on any atom is 0.313 e. The predicted molar refractivity (Wildman–Crippen MR) is 70.6 cm³/mol. The first kappa shape index (κ1) is 12.9. The Kier molecular flexibility index (Phi) is 3.87. The highest BCUT2D eigenvalue weighted by molar-refractivity contribution is 6.40. The molecule has 0 saturated carbocycles. The van der Waals surface area contributed by atoms with Crippen LogP contribution in [0.2, 0.25) is 5.02 Å². The molecule has 5 heteroatoms. The number of carbonyl (C=O) groups excluding carboxylic acids is 2. The number of likely N-dealkylation sites (tertiary alicyclic amines) is 1. The van der Waals surface area contributed by atoms with Gasteiger partial charge in [0, 0.05) is 23.8 Å². The van der Waals surface area contributed by atoms with Crippen molar-refractivity contribution >= 4 is 29.1 Å². The molecule has 1 aliphatic rings. The lowest BCUT2D eigenvalue weighted by Gasteiger charge is -2.15. The molecule has 1 heterocycles. The van der Waals surface area contributed by atoms with Crippen molar-refractivity contribution in [3.8, 4) is 0 Å². The van der Waals surface area contributed by atoms with E-state index in [1.165, 1.54) is 0 Å². The van der Waals surface area contributed by atoms with Crippen LogP contribution in [-0.2, 0) is 9.59 Å². The molecular weight excluding hydrogens is 252 g/mol. The minimum absolute atomic E-state index is 0.466. The lowest BCUT2D eigenvalue weighted by Crippen LogP contribution is -2.37. The van der Waals surface area contributed by atoms with Gasteiger partial charge in [-0.3, -0.25) is 9.59 Å². The van der Waals surface area contributed by atoms with Gasteiger partial charge in [-0.25, -0.2) is 0 Å². The van der Waals surface area contributed by atoms with Gasteiger partial charge in [0.25, 0.3) is 0 Å². The third-order valence-corrected chi connectivity index (χ3v) is 3.51. The zero-order valence-corrected chi connectivity index (χ0v) is 11.0. The van der Waals surface area contributed by atoms with E-state index in [-0.39, 0.29) is 0 Å². The summed E-state index contributed by atoms with van der Waals surface area (Å²) in [6, 6.07) is 5.22. The molecule has 1 aromatic carbocycles. The van der Waals surface area contributed by atoms with Crippen LogP contribution in [0.5, 0.6) is 0 Å². The zero-order valence-electron chi connectivity index (χ0n) is 10.2. The normalized spacial score (nSPS) is 14.7. The molecule has 18 heavy (non-hydrogen) atoms. The summed E-state index contributed by atoms with van der Waals surface area (Å²) in [4.78, 5) is 25.2. The number of nitrogens with zero attached hydrogens (tertiary/aromatic N) is 1. The summed E-state index contributed by atoms with van der Waals surface area (Å²) < 4.78 is 0. The van der Waals surface area contributed by atoms with Crippen LogP contribution in [0.15, 0.2) is 18.2 Å². The van der Waals surface area contributed by atoms with E-state index in [1.54, 1.807) is 30.0 Å². The molecule has 2 rings (SSSR count). The fraction of sp³-hybridized carbons (Fsp3) is 0.385. The van der Waals surface area contributed by atoms with E-state index in [1.807, 2.05) is 0 Å². The molecule has 0 aromatic heterocycles. The summed E-state index contributed by atoms with van der Waals surface area (Å²) in [5, 5.41) is 3.18. The molecule has 4 nitrogen and oxygen atoms in total. The van der Waals surface area contributed by atoms with Gasteiger partial charge >= 0.3 is 11.8 Å². The first-order valence-corrected chi connectivity index (χ1v) is 6.33. The van der Waals surface area contributed by atoms with Gasteiger partial charge in [-0.15, -0.1) is 0 Å². The van der Waals surface area contributed by atoms with Gasteiger partial charge in [0.15, 0.2) is 0 Å². The van der Waals surface area contributed by atoms with Gasteiger partial charge in [0.1, 0.15) is 0 Å². The molecule has 1 aromatic rings. The first-order chi connectivity index (χ1) is 8.59. The Morgan fingerprint density at radius 2 is 1.94 bits per heavy atom. The maximum absolute atomic E-state index is 11.8. The van der Waals surface area contributed by atoms with Crippen LogP contribution in [0, 0.1) is 6.92 Å². The number of amides is 2.